The predicted octanol–water partition coefficient (Wildman–Crippen LogP) is 6.81. The summed E-state index contributed by atoms with van der Waals surface area (Å²) in [7, 11) is -2.36. The zero-order valence-electron chi connectivity index (χ0n) is 20.2. The van der Waals surface area contributed by atoms with Gasteiger partial charge in [0.1, 0.15) is 23.2 Å². The van der Waals surface area contributed by atoms with Crippen LogP contribution in [-0.2, 0) is 4.79 Å². The van der Waals surface area contributed by atoms with Gasteiger partial charge in [-0.25, -0.2) is 0 Å². The summed E-state index contributed by atoms with van der Waals surface area (Å²) in [4.78, 5) is 14.6. The van der Waals surface area contributed by atoms with Gasteiger partial charge in [-0.15, -0.1) is 0 Å². The molecule has 1 N–H and O–H groups in total. The van der Waals surface area contributed by atoms with Crippen LogP contribution in [0.5, 0.6) is 0 Å². The summed E-state index contributed by atoms with van der Waals surface area (Å²) in [6.07, 6.45) is 2.76. The van der Waals surface area contributed by atoms with Gasteiger partial charge in [0.05, 0.1) is 0 Å². The Balaban J connectivity index is 1.77. The first-order chi connectivity index (χ1) is 17.0. The lowest BCUT2D eigenvalue weighted by molar-refractivity contribution is -0.120. The fraction of sp³-hybridized carbons (Fsp3) is 0.194. The van der Waals surface area contributed by atoms with Gasteiger partial charge in [0, 0.05) is 10.7 Å². The molecule has 4 heteroatoms. The van der Waals surface area contributed by atoms with E-state index in [-0.39, 0.29) is 5.91 Å². The second kappa shape index (κ2) is 9.61. The number of halogens is 1. The van der Waals surface area contributed by atoms with E-state index in [0.717, 1.165) is 36.1 Å². The minimum Gasteiger partial charge on any atom is -0.322 e. The Labute approximate surface area is 213 Å². The monoisotopic (exact) mass is 498 g/mol. The van der Waals surface area contributed by atoms with Crippen LogP contribution in [0.3, 0.4) is 0 Å². The Morgan fingerprint density at radius 1 is 0.743 bits per heavy atom. The highest BCUT2D eigenvalue weighted by molar-refractivity contribution is 7.97. The molecule has 0 saturated heterocycles. The first-order valence-electron chi connectivity index (χ1n) is 12.1. The maximum atomic E-state index is 14.6. The number of hydrogen-bond donors (Lipinski definition) is 1. The molecule has 1 aliphatic carbocycles. The smallest absolute Gasteiger partial charge is 0.269 e. The SMILES string of the molecule is Cc1cc(Cl)cc(C)c1NC(=O)C1([P+](c2ccccc2)(c2ccccc2)c2ccccc2)CCC1. The van der Waals surface area contributed by atoms with Crippen molar-refractivity contribution >= 4 is 46.4 Å². The summed E-state index contributed by atoms with van der Waals surface area (Å²) in [5, 5.41) is 7.29. The fourth-order valence-electron chi connectivity index (χ4n) is 5.71. The number of anilines is 1. The van der Waals surface area contributed by atoms with Gasteiger partial charge in [-0.3, -0.25) is 4.79 Å². The Hall–Kier alpha value is -2.93. The third kappa shape index (κ3) is 3.90. The van der Waals surface area contributed by atoms with Gasteiger partial charge >= 0.3 is 0 Å². The van der Waals surface area contributed by atoms with Crippen LogP contribution in [0.1, 0.15) is 30.4 Å². The molecule has 0 atom stereocenters. The maximum absolute atomic E-state index is 14.6. The van der Waals surface area contributed by atoms with Crippen LogP contribution in [-0.4, -0.2) is 11.1 Å². The average Bonchev–Trinajstić information content (AvgIpc) is 2.85. The number of nitrogens with one attached hydrogen (secondary N) is 1. The van der Waals surface area contributed by atoms with Crippen LogP contribution < -0.4 is 21.2 Å². The van der Waals surface area contributed by atoms with Crippen LogP contribution in [0.15, 0.2) is 103 Å². The van der Waals surface area contributed by atoms with Crippen LogP contribution >= 0.6 is 18.9 Å². The zero-order valence-corrected chi connectivity index (χ0v) is 21.8. The highest BCUT2D eigenvalue weighted by Gasteiger charge is 2.69. The minimum atomic E-state index is -2.36. The maximum Gasteiger partial charge on any atom is 0.269 e. The number of benzene rings is 4. The van der Waals surface area contributed by atoms with E-state index in [4.69, 9.17) is 11.6 Å². The normalized spacial score (nSPS) is 14.7. The Kier molecular flexibility index (Phi) is 6.53. The number of carbonyl (C=O) groups excluding carboxylic acids is 1. The van der Waals surface area contributed by atoms with Gasteiger partial charge in [0.15, 0.2) is 5.16 Å². The molecule has 1 saturated carbocycles. The van der Waals surface area contributed by atoms with Gasteiger partial charge in [-0.1, -0.05) is 66.2 Å². The van der Waals surface area contributed by atoms with Crippen LogP contribution in [0, 0.1) is 13.8 Å². The molecule has 2 nitrogen and oxygen atoms in total. The Morgan fingerprint density at radius 2 is 1.14 bits per heavy atom. The van der Waals surface area contributed by atoms with E-state index in [9.17, 15) is 4.79 Å². The fourth-order valence-corrected chi connectivity index (χ4v) is 11.6. The van der Waals surface area contributed by atoms with E-state index >= 15 is 0 Å². The van der Waals surface area contributed by atoms with Crippen molar-refractivity contribution in [2.24, 2.45) is 0 Å². The number of hydrogen-bond acceptors (Lipinski definition) is 1. The predicted molar refractivity (Wildman–Crippen MR) is 151 cm³/mol. The van der Waals surface area contributed by atoms with Crippen molar-refractivity contribution < 1.29 is 4.79 Å². The third-order valence-electron chi connectivity index (χ3n) is 7.41. The summed E-state index contributed by atoms with van der Waals surface area (Å²) in [6.45, 7) is 4.02. The van der Waals surface area contributed by atoms with E-state index in [2.05, 4.69) is 96.3 Å². The molecule has 4 aromatic carbocycles. The molecule has 0 bridgehead atoms. The van der Waals surface area contributed by atoms with Crippen molar-refractivity contribution in [1.82, 2.24) is 0 Å². The zero-order chi connectivity index (χ0) is 24.5. The Morgan fingerprint density at radius 3 is 1.49 bits per heavy atom. The number of rotatable bonds is 6. The number of aryl methyl sites for hydroxylation is 2. The molecule has 5 rings (SSSR count). The van der Waals surface area contributed by atoms with Gasteiger partial charge in [0.25, 0.3) is 5.91 Å². The summed E-state index contributed by atoms with van der Waals surface area (Å²) < 4.78 is 0. The summed E-state index contributed by atoms with van der Waals surface area (Å²) in [5.74, 6) is 0.113. The van der Waals surface area contributed by atoms with Crippen LogP contribution in [0.4, 0.5) is 5.69 Å². The highest BCUT2D eigenvalue weighted by atomic mass is 35.5. The van der Waals surface area contributed by atoms with Crippen molar-refractivity contribution in [2.45, 2.75) is 38.3 Å². The molecular formula is C31H30ClNOP+. The Bertz CT molecular complexity index is 1210. The lowest BCUT2D eigenvalue weighted by Gasteiger charge is -2.48. The van der Waals surface area contributed by atoms with E-state index in [0.29, 0.717) is 5.02 Å². The van der Waals surface area contributed by atoms with Crippen molar-refractivity contribution in [3.63, 3.8) is 0 Å². The van der Waals surface area contributed by atoms with Crippen LogP contribution in [0.25, 0.3) is 0 Å². The van der Waals surface area contributed by atoms with Crippen molar-refractivity contribution in [2.75, 3.05) is 5.32 Å². The highest BCUT2D eigenvalue weighted by Crippen LogP contribution is 2.72. The van der Waals surface area contributed by atoms with Gasteiger partial charge in [-0.2, -0.15) is 0 Å². The molecule has 0 aromatic heterocycles. The van der Waals surface area contributed by atoms with E-state index in [1.807, 2.05) is 26.0 Å². The minimum absolute atomic E-state index is 0.113. The first kappa shape index (κ1) is 23.8. The second-order valence-electron chi connectivity index (χ2n) is 9.43. The quantitative estimate of drug-likeness (QED) is 0.291. The molecule has 0 radical (unpaired) electrons. The van der Waals surface area contributed by atoms with E-state index < -0.39 is 12.4 Å². The third-order valence-corrected chi connectivity index (χ3v) is 12.8. The summed E-state index contributed by atoms with van der Waals surface area (Å²) in [5.41, 5.74) is 2.85. The van der Waals surface area contributed by atoms with Gasteiger partial charge < -0.3 is 5.32 Å². The number of carbonyl (C=O) groups is 1. The second-order valence-corrected chi connectivity index (χ2v) is 13.6. The molecule has 176 valence electrons. The largest absolute Gasteiger partial charge is 0.322 e. The van der Waals surface area contributed by atoms with Gasteiger partial charge in [-0.05, 0) is 92.8 Å². The molecule has 1 amide bonds. The molecule has 35 heavy (non-hydrogen) atoms. The van der Waals surface area contributed by atoms with E-state index in [1.165, 1.54) is 15.9 Å². The molecule has 0 heterocycles. The van der Waals surface area contributed by atoms with Crippen molar-refractivity contribution in [3.05, 3.63) is 119 Å². The topological polar surface area (TPSA) is 29.1 Å². The van der Waals surface area contributed by atoms with Crippen LogP contribution in [0.2, 0.25) is 5.02 Å². The number of amides is 1. The van der Waals surface area contributed by atoms with Gasteiger partial charge in [0.2, 0.25) is 0 Å². The molecule has 1 fully saturated rings. The average molecular weight is 499 g/mol. The summed E-state index contributed by atoms with van der Waals surface area (Å²) in [6, 6.07) is 36.0. The summed E-state index contributed by atoms with van der Waals surface area (Å²) >= 11 is 6.29. The molecule has 1 aliphatic rings. The molecule has 0 unspecified atom stereocenters. The van der Waals surface area contributed by atoms with Crippen molar-refractivity contribution in [3.8, 4) is 0 Å². The standard InChI is InChI=1S/C31H29ClNOP/c1-23-21-25(32)22-24(2)29(23)33-30(34)31(19-12-20-31)35(26-13-6-3-7-14-26,27-15-8-4-9-16-27)28-17-10-5-11-18-28/h3-11,13-18,21-22H,12,19-20H2,1-2H3/p+1. The van der Waals surface area contributed by atoms with Crippen molar-refractivity contribution in [1.29, 1.82) is 0 Å². The lowest BCUT2D eigenvalue weighted by Crippen LogP contribution is -2.58. The molecule has 0 aliphatic heterocycles. The molecular weight excluding hydrogens is 469 g/mol. The lowest BCUT2D eigenvalue weighted by atomic mass is 9.83. The first-order valence-corrected chi connectivity index (χ1v) is 14.3. The molecule has 4 aromatic rings. The molecule has 0 spiro atoms. The van der Waals surface area contributed by atoms with E-state index in [1.54, 1.807) is 0 Å².